The third kappa shape index (κ3) is 6.28. The lowest BCUT2D eigenvalue weighted by Gasteiger charge is -2.16. The molecule has 0 saturated carbocycles. The number of methoxy groups -OCH3 is 2. The van der Waals surface area contributed by atoms with Crippen molar-refractivity contribution in [3.8, 4) is 0 Å². The fourth-order valence-corrected chi connectivity index (χ4v) is 4.40. The Labute approximate surface area is 226 Å². The third-order valence-corrected chi connectivity index (χ3v) is 6.50. The lowest BCUT2D eigenvalue weighted by molar-refractivity contribution is -0.144. The Kier molecular flexibility index (Phi) is 8.33. The van der Waals surface area contributed by atoms with E-state index in [4.69, 9.17) is 4.74 Å². The Bertz CT molecular complexity index is 1470. The summed E-state index contributed by atoms with van der Waals surface area (Å²) in [5.74, 6) is -3.54. The molecule has 0 bridgehead atoms. The van der Waals surface area contributed by atoms with E-state index in [9.17, 15) is 28.0 Å². The van der Waals surface area contributed by atoms with Crippen molar-refractivity contribution in [2.24, 2.45) is 0 Å². The average molecular weight is 541 g/mol. The standard InChI is InChI=1S/C29H26F2N2O6.2H2/c1-38-26(34)12-11-25(29(37)39-2)33-28(36)18-6-4-16-3-5-17-13-20(8-9-21(17)27(35)22(16)14-18)32-24-10-7-19(30)15-23(24)31;;/h4,6-10,13-15,25,32H,3,5,11-12H2,1-2H3,(H,33,36);2*1H/t25-;;/m0../s1. The first kappa shape index (κ1) is 27.4. The topological polar surface area (TPSA) is 111 Å². The van der Waals surface area contributed by atoms with Gasteiger partial charge in [-0.15, -0.1) is 0 Å². The molecule has 2 N–H and O–H groups in total. The Hall–Kier alpha value is -4.60. The summed E-state index contributed by atoms with van der Waals surface area (Å²) in [6.45, 7) is 0. The molecule has 1 aliphatic rings. The SMILES string of the molecule is COC(=O)CC[C@H](NC(=O)c1ccc2c(c1)C(=O)c1ccc(Nc3ccc(F)cc3F)cc1CC2)C(=O)OC.[HH].[HH]. The molecule has 0 aromatic heterocycles. The molecule has 206 valence electrons. The highest BCUT2D eigenvalue weighted by atomic mass is 19.1. The monoisotopic (exact) mass is 540 g/mol. The lowest BCUT2D eigenvalue weighted by Crippen LogP contribution is -2.42. The molecule has 4 rings (SSSR count). The number of rotatable bonds is 8. The molecule has 0 saturated heterocycles. The van der Waals surface area contributed by atoms with Crippen LogP contribution in [0.25, 0.3) is 0 Å². The highest BCUT2D eigenvalue weighted by molar-refractivity contribution is 6.12. The van der Waals surface area contributed by atoms with Crippen molar-refractivity contribution in [2.45, 2.75) is 31.7 Å². The lowest BCUT2D eigenvalue weighted by atomic mass is 9.96. The molecule has 3 aromatic rings. The maximum Gasteiger partial charge on any atom is 0.328 e. The number of hydrogen-bond acceptors (Lipinski definition) is 7. The second-order valence-corrected chi connectivity index (χ2v) is 8.99. The predicted octanol–water partition coefficient (Wildman–Crippen LogP) is 4.75. The van der Waals surface area contributed by atoms with Crippen molar-refractivity contribution in [2.75, 3.05) is 19.5 Å². The van der Waals surface area contributed by atoms with Crippen LogP contribution in [0.15, 0.2) is 54.6 Å². The molecule has 0 aliphatic heterocycles. The molecule has 1 amide bonds. The van der Waals surface area contributed by atoms with Crippen LogP contribution in [-0.4, -0.2) is 43.9 Å². The van der Waals surface area contributed by atoms with Gasteiger partial charge in [0.25, 0.3) is 5.91 Å². The van der Waals surface area contributed by atoms with E-state index < -0.39 is 35.5 Å². The van der Waals surface area contributed by atoms with Crippen LogP contribution in [0.5, 0.6) is 0 Å². The zero-order valence-electron chi connectivity index (χ0n) is 21.3. The number of hydrogen-bond donors (Lipinski definition) is 2. The molecule has 39 heavy (non-hydrogen) atoms. The van der Waals surface area contributed by atoms with Crippen LogP contribution in [0.1, 0.15) is 53.1 Å². The predicted molar refractivity (Wildman–Crippen MR) is 142 cm³/mol. The van der Waals surface area contributed by atoms with Gasteiger partial charge in [0.05, 0.1) is 19.9 Å². The summed E-state index contributed by atoms with van der Waals surface area (Å²) in [7, 11) is 2.40. The van der Waals surface area contributed by atoms with Gasteiger partial charge in [0, 0.05) is 37.7 Å². The van der Waals surface area contributed by atoms with E-state index in [2.05, 4.69) is 15.4 Å². The Morgan fingerprint density at radius 2 is 1.69 bits per heavy atom. The van der Waals surface area contributed by atoms with E-state index in [1.54, 1.807) is 30.3 Å². The van der Waals surface area contributed by atoms with E-state index in [1.165, 1.54) is 26.4 Å². The molecule has 10 heteroatoms. The summed E-state index contributed by atoms with van der Waals surface area (Å²) in [6.07, 6.45) is 0.939. The number of benzene rings is 3. The second kappa shape index (κ2) is 11.8. The van der Waals surface area contributed by atoms with Crippen molar-refractivity contribution >= 4 is 35.0 Å². The highest BCUT2D eigenvalue weighted by Crippen LogP contribution is 2.29. The van der Waals surface area contributed by atoms with Gasteiger partial charge in [0.15, 0.2) is 5.78 Å². The van der Waals surface area contributed by atoms with Crippen LogP contribution in [0, 0.1) is 11.6 Å². The van der Waals surface area contributed by atoms with Gasteiger partial charge in [-0.05, 0) is 72.9 Å². The molecule has 0 radical (unpaired) electrons. The highest BCUT2D eigenvalue weighted by Gasteiger charge is 2.26. The first-order valence-corrected chi connectivity index (χ1v) is 12.2. The first-order valence-electron chi connectivity index (χ1n) is 12.2. The van der Waals surface area contributed by atoms with Crippen molar-refractivity contribution in [1.82, 2.24) is 5.32 Å². The minimum Gasteiger partial charge on any atom is -0.469 e. The third-order valence-electron chi connectivity index (χ3n) is 6.50. The Morgan fingerprint density at radius 3 is 2.41 bits per heavy atom. The molecule has 8 nitrogen and oxygen atoms in total. The zero-order valence-corrected chi connectivity index (χ0v) is 21.3. The minimum absolute atomic E-state index is 0. The second-order valence-electron chi connectivity index (χ2n) is 8.99. The van der Waals surface area contributed by atoms with Gasteiger partial charge in [-0.25, -0.2) is 13.6 Å². The van der Waals surface area contributed by atoms with Gasteiger partial charge in [-0.1, -0.05) is 6.07 Å². The van der Waals surface area contributed by atoms with Crippen LogP contribution >= 0.6 is 0 Å². The van der Waals surface area contributed by atoms with Gasteiger partial charge < -0.3 is 20.1 Å². The van der Waals surface area contributed by atoms with E-state index in [0.717, 1.165) is 23.3 Å². The van der Waals surface area contributed by atoms with E-state index in [1.807, 2.05) is 0 Å². The summed E-state index contributed by atoms with van der Waals surface area (Å²) in [4.78, 5) is 50.1. The quantitative estimate of drug-likeness (QED) is 0.397. The molecule has 1 aliphatic carbocycles. The summed E-state index contributed by atoms with van der Waals surface area (Å²) >= 11 is 0. The molecular weight excluding hydrogens is 510 g/mol. The largest absolute Gasteiger partial charge is 0.469 e. The number of ether oxygens (including phenoxy) is 2. The molecule has 0 heterocycles. The number of halogens is 2. The number of anilines is 2. The van der Waals surface area contributed by atoms with Crippen molar-refractivity contribution in [1.29, 1.82) is 0 Å². The molecule has 0 spiro atoms. The van der Waals surface area contributed by atoms with Crippen LogP contribution in [-0.2, 0) is 31.9 Å². The summed E-state index contributed by atoms with van der Waals surface area (Å²) in [5.41, 5.74) is 3.11. The number of amides is 1. The molecule has 0 fully saturated rings. The maximum atomic E-state index is 14.1. The first-order chi connectivity index (χ1) is 18.7. The fourth-order valence-electron chi connectivity index (χ4n) is 4.40. The van der Waals surface area contributed by atoms with Crippen LogP contribution < -0.4 is 10.6 Å². The van der Waals surface area contributed by atoms with Gasteiger partial charge in [0.2, 0.25) is 0 Å². The van der Waals surface area contributed by atoms with E-state index in [0.29, 0.717) is 29.7 Å². The van der Waals surface area contributed by atoms with Crippen molar-refractivity contribution in [3.63, 3.8) is 0 Å². The minimum atomic E-state index is -1.08. The Morgan fingerprint density at radius 1 is 0.923 bits per heavy atom. The van der Waals surface area contributed by atoms with Crippen LogP contribution in [0.2, 0.25) is 0 Å². The molecule has 0 unspecified atom stereocenters. The Balaban J connectivity index is 0.00000294. The van der Waals surface area contributed by atoms with Crippen molar-refractivity contribution < 1.29 is 40.3 Å². The number of nitrogens with one attached hydrogen (secondary N) is 2. The number of carbonyl (C=O) groups excluding carboxylic acids is 4. The molecule has 3 aromatic carbocycles. The molecule has 1 atom stereocenters. The van der Waals surface area contributed by atoms with E-state index in [-0.39, 0.29) is 32.7 Å². The number of ketones is 1. The van der Waals surface area contributed by atoms with Gasteiger partial charge in [-0.2, -0.15) is 0 Å². The van der Waals surface area contributed by atoms with Crippen LogP contribution in [0.3, 0.4) is 0 Å². The number of aryl methyl sites for hydroxylation is 2. The van der Waals surface area contributed by atoms with E-state index >= 15 is 0 Å². The van der Waals surface area contributed by atoms with Crippen molar-refractivity contribution in [3.05, 3.63) is 94.0 Å². The normalized spacial score (nSPS) is 12.9. The van der Waals surface area contributed by atoms with Gasteiger partial charge in [-0.3, -0.25) is 14.4 Å². The van der Waals surface area contributed by atoms with Gasteiger partial charge >= 0.3 is 11.9 Å². The summed E-state index contributed by atoms with van der Waals surface area (Å²) in [5, 5.41) is 5.47. The number of fused-ring (bicyclic) bond motifs is 2. The number of esters is 2. The maximum absolute atomic E-state index is 14.1. The van der Waals surface area contributed by atoms with Gasteiger partial charge in [0.1, 0.15) is 17.7 Å². The fraction of sp³-hybridized carbons (Fsp3) is 0.241. The molecular formula is C29H30F2N2O6. The number of carbonyl (C=O) groups is 4. The summed E-state index contributed by atoms with van der Waals surface area (Å²) in [6, 6.07) is 11.9. The smallest absolute Gasteiger partial charge is 0.328 e. The van der Waals surface area contributed by atoms with Crippen LogP contribution in [0.4, 0.5) is 20.2 Å². The average Bonchev–Trinajstić information content (AvgIpc) is 3.07. The zero-order chi connectivity index (χ0) is 28.1. The summed E-state index contributed by atoms with van der Waals surface area (Å²) < 4.78 is 36.6.